The first kappa shape index (κ1) is 13.5. The van der Waals surface area contributed by atoms with Crippen molar-refractivity contribution >= 4 is 5.91 Å². The Morgan fingerprint density at radius 1 is 1.18 bits per heavy atom. The second kappa shape index (κ2) is 6.88. The van der Waals surface area contributed by atoms with Gasteiger partial charge in [0, 0.05) is 18.7 Å². The van der Waals surface area contributed by atoms with Gasteiger partial charge in [0.05, 0.1) is 20.3 Å². The van der Waals surface area contributed by atoms with Crippen LogP contribution in [0.5, 0.6) is 5.75 Å². The maximum Gasteiger partial charge on any atom is 0.254 e. The Balaban J connectivity index is 2.77. The SMILES string of the molecule is COc1ccc(C(=O)N(CCO)CCO)cc1. The molecule has 94 valence electrons. The minimum atomic E-state index is -0.212. The number of benzene rings is 1. The highest BCUT2D eigenvalue weighted by Crippen LogP contribution is 2.12. The van der Waals surface area contributed by atoms with Crippen molar-refractivity contribution in [3.05, 3.63) is 29.8 Å². The van der Waals surface area contributed by atoms with Crippen LogP contribution in [0.4, 0.5) is 0 Å². The van der Waals surface area contributed by atoms with E-state index in [1.807, 2.05) is 0 Å². The highest BCUT2D eigenvalue weighted by Gasteiger charge is 2.14. The van der Waals surface area contributed by atoms with Gasteiger partial charge in [0.25, 0.3) is 5.91 Å². The summed E-state index contributed by atoms with van der Waals surface area (Å²) in [5, 5.41) is 17.7. The maximum atomic E-state index is 12.0. The Morgan fingerprint density at radius 2 is 1.71 bits per heavy atom. The third-order valence-electron chi connectivity index (χ3n) is 2.36. The van der Waals surface area contributed by atoms with E-state index in [9.17, 15) is 4.79 Å². The fourth-order valence-electron chi connectivity index (χ4n) is 1.47. The van der Waals surface area contributed by atoms with Crippen molar-refractivity contribution in [3.8, 4) is 5.75 Å². The lowest BCUT2D eigenvalue weighted by Crippen LogP contribution is -2.35. The number of aliphatic hydroxyl groups excluding tert-OH is 2. The summed E-state index contributed by atoms with van der Waals surface area (Å²) in [6.07, 6.45) is 0. The molecule has 1 aromatic carbocycles. The van der Waals surface area contributed by atoms with Crippen LogP contribution in [-0.2, 0) is 0 Å². The van der Waals surface area contributed by atoms with E-state index < -0.39 is 0 Å². The van der Waals surface area contributed by atoms with Crippen LogP contribution < -0.4 is 4.74 Å². The average Bonchev–Trinajstić information content (AvgIpc) is 2.38. The summed E-state index contributed by atoms with van der Waals surface area (Å²) in [6.45, 7) is 0.181. The number of methoxy groups -OCH3 is 1. The molecule has 0 saturated heterocycles. The predicted octanol–water partition coefficient (Wildman–Crippen LogP) is 0.122. The normalized spacial score (nSPS) is 10.1. The van der Waals surface area contributed by atoms with Gasteiger partial charge in [0.1, 0.15) is 5.75 Å². The molecule has 0 unspecified atom stereocenters. The Hall–Kier alpha value is -1.59. The van der Waals surface area contributed by atoms with Gasteiger partial charge in [-0.15, -0.1) is 0 Å². The van der Waals surface area contributed by atoms with Gasteiger partial charge in [-0.25, -0.2) is 0 Å². The number of nitrogens with zero attached hydrogens (tertiary/aromatic N) is 1. The maximum absolute atomic E-state index is 12.0. The number of carbonyl (C=O) groups is 1. The van der Waals surface area contributed by atoms with Crippen LogP contribution in [0.3, 0.4) is 0 Å². The average molecular weight is 239 g/mol. The van der Waals surface area contributed by atoms with Crippen LogP contribution in [0.2, 0.25) is 0 Å². The van der Waals surface area contributed by atoms with E-state index >= 15 is 0 Å². The number of hydrogen-bond acceptors (Lipinski definition) is 4. The first-order chi connectivity index (χ1) is 8.22. The third kappa shape index (κ3) is 3.72. The summed E-state index contributed by atoms with van der Waals surface area (Å²) in [5.41, 5.74) is 0.507. The van der Waals surface area contributed by atoms with Gasteiger partial charge in [-0.2, -0.15) is 0 Å². The van der Waals surface area contributed by atoms with Crippen LogP contribution in [0.25, 0.3) is 0 Å². The number of ether oxygens (including phenoxy) is 1. The number of carbonyl (C=O) groups excluding carboxylic acids is 1. The first-order valence-electron chi connectivity index (χ1n) is 5.38. The Bertz CT molecular complexity index is 344. The second-order valence-electron chi connectivity index (χ2n) is 3.47. The minimum Gasteiger partial charge on any atom is -0.497 e. The van der Waals surface area contributed by atoms with E-state index in [4.69, 9.17) is 14.9 Å². The van der Waals surface area contributed by atoms with Crippen molar-refractivity contribution < 1.29 is 19.7 Å². The van der Waals surface area contributed by atoms with Crippen molar-refractivity contribution in [2.75, 3.05) is 33.4 Å². The Labute approximate surface area is 100 Å². The summed E-state index contributed by atoms with van der Waals surface area (Å²) in [6, 6.07) is 6.71. The zero-order valence-corrected chi connectivity index (χ0v) is 9.80. The number of amides is 1. The van der Waals surface area contributed by atoms with E-state index in [0.717, 1.165) is 0 Å². The molecule has 0 spiro atoms. The molecule has 2 N–H and O–H groups in total. The third-order valence-corrected chi connectivity index (χ3v) is 2.36. The highest BCUT2D eigenvalue weighted by molar-refractivity contribution is 5.94. The minimum absolute atomic E-state index is 0.123. The summed E-state index contributed by atoms with van der Waals surface area (Å²) in [4.78, 5) is 13.4. The van der Waals surface area contributed by atoms with E-state index in [-0.39, 0.29) is 32.2 Å². The molecule has 0 aliphatic heterocycles. The molecule has 5 heteroatoms. The van der Waals surface area contributed by atoms with Crippen molar-refractivity contribution in [1.82, 2.24) is 4.90 Å². The lowest BCUT2D eigenvalue weighted by atomic mass is 10.2. The monoisotopic (exact) mass is 239 g/mol. The van der Waals surface area contributed by atoms with Crippen molar-refractivity contribution in [3.63, 3.8) is 0 Å². The zero-order chi connectivity index (χ0) is 12.7. The molecule has 1 rings (SSSR count). The van der Waals surface area contributed by atoms with Crippen molar-refractivity contribution in [1.29, 1.82) is 0 Å². The summed E-state index contributed by atoms with van der Waals surface area (Å²) < 4.78 is 5.00. The van der Waals surface area contributed by atoms with Crippen LogP contribution in [0.15, 0.2) is 24.3 Å². The molecule has 1 aromatic rings. The van der Waals surface area contributed by atoms with Crippen LogP contribution in [0.1, 0.15) is 10.4 Å². The lowest BCUT2D eigenvalue weighted by molar-refractivity contribution is 0.0685. The molecule has 0 aromatic heterocycles. The number of rotatable bonds is 6. The van der Waals surface area contributed by atoms with Gasteiger partial charge >= 0.3 is 0 Å². The lowest BCUT2D eigenvalue weighted by Gasteiger charge is -2.20. The molecular weight excluding hydrogens is 222 g/mol. The van der Waals surface area contributed by atoms with E-state index in [2.05, 4.69) is 0 Å². The molecule has 1 amide bonds. The van der Waals surface area contributed by atoms with Gasteiger partial charge < -0.3 is 19.8 Å². The largest absolute Gasteiger partial charge is 0.497 e. The van der Waals surface area contributed by atoms with Gasteiger partial charge in [0.15, 0.2) is 0 Å². The Morgan fingerprint density at radius 3 is 2.12 bits per heavy atom. The molecule has 0 aliphatic rings. The highest BCUT2D eigenvalue weighted by atomic mass is 16.5. The fraction of sp³-hybridized carbons (Fsp3) is 0.417. The summed E-state index contributed by atoms with van der Waals surface area (Å²) >= 11 is 0. The molecule has 0 saturated carbocycles. The summed E-state index contributed by atoms with van der Waals surface area (Å²) in [5.74, 6) is 0.466. The van der Waals surface area contributed by atoms with Crippen LogP contribution in [-0.4, -0.2) is 54.4 Å². The molecule has 0 heterocycles. The number of hydrogen-bond donors (Lipinski definition) is 2. The topological polar surface area (TPSA) is 70.0 Å². The first-order valence-corrected chi connectivity index (χ1v) is 5.38. The fourth-order valence-corrected chi connectivity index (χ4v) is 1.47. The van der Waals surface area contributed by atoms with Crippen molar-refractivity contribution in [2.45, 2.75) is 0 Å². The molecule has 0 aliphatic carbocycles. The van der Waals surface area contributed by atoms with E-state index in [0.29, 0.717) is 11.3 Å². The Kier molecular flexibility index (Phi) is 5.45. The van der Waals surface area contributed by atoms with Gasteiger partial charge in [-0.1, -0.05) is 0 Å². The molecule has 17 heavy (non-hydrogen) atoms. The zero-order valence-electron chi connectivity index (χ0n) is 9.80. The van der Waals surface area contributed by atoms with Crippen LogP contribution in [0, 0.1) is 0 Å². The van der Waals surface area contributed by atoms with Gasteiger partial charge in [0.2, 0.25) is 0 Å². The van der Waals surface area contributed by atoms with Crippen LogP contribution >= 0.6 is 0 Å². The molecule has 0 radical (unpaired) electrons. The quantitative estimate of drug-likeness (QED) is 0.740. The predicted molar refractivity (Wildman–Crippen MR) is 63.1 cm³/mol. The van der Waals surface area contributed by atoms with Gasteiger partial charge in [-0.3, -0.25) is 4.79 Å². The van der Waals surface area contributed by atoms with Gasteiger partial charge in [-0.05, 0) is 24.3 Å². The summed E-state index contributed by atoms with van der Waals surface area (Å²) in [7, 11) is 1.56. The number of aliphatic hydroxyl groups is 2. The van der Waals surface area contributed by atoms with E-state index in [1.54, 1.807) is 31.4 Å². The molecule has 5 nitrogen and oxygen atoms in total. The molecule has 0 atom stereocenters. The second-order valence-corrected chi connectivity index (χ2v) is 3.47. The molecule has 0 fully saturated rings. The van der Waals surface area contributed by atoms with Crippen molar-refractivity contribution in [2.24, 2.45) is 0 Å². The molecular formula is C12H17NO4. The van der Waals surface area contributed by atoms with E-state index in [1.165, 1.54) is 4.90 Å². The standard InChI is InChI=1S/C12H17NO4/c1-17-11-4-2-10(3-5-11)12(16)13(6-8-14)7-9-15/h2-5,14-15H,6-9H2,1H3. The molecule has 0 bridgehead atoms. The smallest absolute Gasteiger partial charge is 0.254 e.